The highest BCUT2D eigenvalue weighted by atomic mass is 32.2. The second-order valence-electron chi connectivity index (χ2n) is 32.5. The van der Waals surface area contributed by atoms with Crippen molar-refractivity contribution >= 4 is 33.4 Å². The molecule has 9 N–H and O–H groups in total. The monoisotopic (exact) mass is 1690 g/mol. The number of fused-ring (bicyclic) bond motifs is 4. The number of nitrogens with zero attached hydrogens (tertiary/aromatic N) is 12. The average Bonchev–Trinajstić information content (AvgIpc) is 1.63. The zero-order valence-electron chi connectivity index (χ0n) is 70.0. The van der Waals surface area contributed by atoms with Crippen LogP contribution in [0.5, 0.6) is 46.0 Å². The molecule has 0 saturated carbocycles. The molecule has 4 atom stereocenters. The first-order chi connectivity index (χ1) is 61.3. The molecule has 1 unspecified atom stereocenters. The van der Waals surface area contributed by atoms with Gasteiger partial charge in [-0.3, -0.25) is 4.55 Å². The van der Waals surface area contributed by atoms with Crippen LogP contribution in [0.25, 0.3) is 45.0 Å². The Labute approximate surface area is 729 Å². The number of hydrogen-bond donors (Lipinski definition) is 9. The van der Waals surface area contributed by atoms with Gasteiger partial charge in [-0.05, 0) is 299 Å². The predicted molar refractivity (Wildman–Crippen MR) is 484 cm³/mol. The fourth-order valence-corrected chi connectivity index (χ4v) is 18.3. The smallest absolute Gasteiger partial charge is 0.261 e. The van der Waals surface area contributed by atoms with Gasteiger partial charge in [0.25, 0.3) is 10.1 Å². The lowest BCUT2D eigenvalue weighted by Gasteiger charge is -2.34. The molecule has 0 amide bonds. The summed E-state index contributed by atoms with van der Waals surface area (Å²) < 4.78 is 57.8. The second-order valence-corrected chi connectivity index (χ2v) is 34.0. The van der Waals surface area contributed by atoms with Gasteiger partial charge in [0.2, 0.25) is 0 Å². The fraction of sp³-hybridized carbons (Fsp3) is 0.340. The molecule has 8 aliphatic rings. The van der Waals surface area contributed by atoms with Crippen molar-refractivity contribution in [3.63, 3.8) is 0 Å². The number of rotatable bonds is 16. The van der Waals surface area contributed by atoms with E-state index < -0.39 is 10.1 Å². The molecule has 8 aliphatic heterocycles. The van der Waals surface area contributed by atoms with E-state index in [2.05, 4.69) is 85.5 Å². The molecule has 4 fully saturated rings. The van der Waals surface area contributed by atoms with Gasteiger partial charge in [-0.25, -0.2) is 18.7 Å². The van der Waals surface area contributed by atoms with Crippen LogP contribution in [0.4, 0.5) is 23.3 Å². The molecule has 12 aromatic rings. The number of nitrogens with one attached hydrogen (secondary N) is 8. The van der Waals surface area contributed by atoms with Gasteiger partial charge in [-0.15, -0.1) is 0 Å². The minimum atomic E-state index is -3.67. The normalized spacial score (nSPS) is 18.5. The Morgan fingerprint density at radius 1 is 0.288 bits per heavy atom. The molecule has 8 aromatic carbocycles. The SMILES string of the molecule is CS(=O)(=O)O.N#Cc1c(-c2ccc(Oc3ccccc3)cc2)nn2c1NCCC2C1CCNCC1.N#Cc1c(-c2ccc(Oc3ccccc3)cc2)nn2c1NCC[C@H]2C1CCNCC1.N#Cc1c(-c2ccc(Oc3ccccc3)cc2)nn2c1NCC[C@H]2C1CCNCC1.N#Cc1c(-c2ccc(Oc3ccccc3)cc2)nn2c1NCC[C@H]2C1CCNCC1. The summed E-state index contributed by atoms with van der Waals surface area (Å²) in [6.07, 6.45) is 14.2. The van der Waals surface area contributed by atoms with E-state index in [-0.39, 0.29) is 0 Å². The molecule has 4 aromatic heterocycles. The Balaban J connectivity index is 0.000000121. The first-order valence-corrected chi connectivity index (χ1v) is 45.3. The molecule has 28 heteroatoms. The van der Waals surface area contributed by atoms with E-state index in [1.807, 2.05) is 218 Å². The van der Waals surface area contributed by atoms with Gasteiger partial charge >= 0.3 is 0 Å². The van der Waals surface area contributed by atoms with Crippen LogP contribution in [0.15, 0.2) is 218 Å². The summed E-state index contributed by atoms with van der Waals surface area (Å²) in [5.74, 6) is 12.1. The molecule has 0 bridgehead atoms. The number of nitriles is 4. The molecule has 640 valence electrons. The lowest BCUT2D eigenvalue weighted by Crippen LogP contribution is -2.36. The van der Waals surface area contributed by atoms with E-state index in [0.29, 0.717) is 76.3 Å². The van der Waals surface area contributed by atoms with Crippen molar-refractivity contribution < 1.29 is 31.9 Å². The van der Waals surface area contributed by atoms with Crippen LogP contribution in [0.1, 0.15) is 123 Å². The highest BCUT2D eigenvalue weighted by Gasteiger charge is 2.38. The van der Waals surface area contributed by atoms with Crippen LogP contribution in [0.2, 0.25) is 0 Å². The van der Waals surface area contributed by atoms with E-state index >= 15 is 0 Å². The van der Waals surface area contributed by atoms with E-state index in [9.17, 15) is 29.5 Å². The molecular formula is C97H104N20O7S. The Bertz CT molecular complexity index is 5160. The number of para-hydroxylation sites is 4. The van der Waals surface area contributed by atoms with Crippen molar-refractivity contribution in [3.8, 4) is 115 Å². The molecular weight excluding hydrogens is 1590 g/mol. The third-order valence-corrected chi connectivity index (χ3v) is 24.4. The van der Waals surface area contributed by atoms with Crippen molar-refractivity contribution in [2.45, 2.75) is 101 Å². The Hall–Kier alpha value is -13.3. The van der Waals surface area contributed by atoms with Gasteiger partial charge < -0.3 is 61.5 Å². The minimum absolute atomic E-state index is 0.352. The maximum Gasteiger partial charge on any atom is 0.261 e. The topological polar surface area (TPSA) is 354 Å². The maximum absolute atomic E-state index is 9.89. The van der Waals surface area contributed by atoms with Gasteiger partial charge in [0.05, 0.1) is 30.4 Å². The lowest BCUT2D eigenvalue weighted by atomic mass is 9.87. The second kappa shape index (κ2) is 40.8. The third-order valence-electron chi connectivity index (χ3n) is 24.4. The van der Waals surface area contributed by atoms with E-state index in [1.165, 1.54) is 0 Å². The molecule has 12 heterocycles. The highest BCUT2D eigenvalue weighted by Crippen LogP contribution is 2.45. The molecule has 0 aliphatic carbocycles. The molecule has 4 saturated heterocycles. The van der Waals surface area contributed by atoms with Gasteiger partial charge in [-0.2, -0.15) is 49.9 Å². The van der Waals surface area contributed by atoms with Crippen LogP contribution >= 0.6 is 0 Å². The summed E-state index contributed by atoms with van der Waals surface area (Å²) in [4.78, 5) is 0. The van der Waals surface area contributed by atoms with Crippen LogP contribution in [-0.2, 0) is 10.1 Å². The summed E-state index contributed by atoms with van der Waals surface area (Å²) in [7, 11) is -3.67. The molecule has 27 nitrogen and oxygen atoms in total. The van der Waals surface area contributed by atoms with Crippen molar-refractivity contribution in [1.29, 1.82) is 21.0 Å². The van der Waals surface area contributed by atoms with E-state index in [1.54, 1.807) is 0 Å². The van der Waals surface area contributed by atoms with Gasteiger partial charge in [0.15, 0.2) is 0 Å². The maximum atomic E-state index is 9.89. The van der Waals surface area contributed by atoms with Crippen molar-refractivity contribution in [2.24, 2.45) is 23.7 Å². The number of hydrogen-bond acceptors (Lipinski definition) is 22. The summed E-state index contributed by atoms with van der Waals surface area (Å²) >= 11 is 0. The minimum Gasteiger partial charge on any atom is -0.457 e. The standard InChI is InChI=1S/4C24H25N5O.CH4O3S/c4*25-16-21-23(18-6-8-20(9-7-18)30-19-4-2-1-3-5-19)28-29-22(12-15-27-24(21)29)17-10-13-26-14-11-17;1-5(2,3)4/h4*1-9,17,22,26-27H,10-15H2;1H3,(H,2,3,4)/t3*22-;;/m000../s1. The third kappa shape index (κ3) is 20.8. The number of aromatic nitrogens is 8. The Morgan fingerprint density at radius 3 is 0.640 bits per heavy atom. The van der Waals surface area contributed by atoms with Crippen LogP contribution < -0.4 is 61.5 Å². The number of anilines is 4. The van der Waals surface area contributed by atoms with E-state index in [0.717, 1.165) is 270 Å². The number of piperidine rings is 4. The molecule has 0 spiro atoms. The van der Waals surface area contributed by atoms with Gasteiger partial charge in [-0.1, -0.05) is 72.8 Å². The van der Waals surface area contributed by atoms with Crippen LogP contribution in [0.3, 0.4) is 0 Å². The van der Waals surface area contributed by atoms with Crippen LogP contribution in [-0.4, -0.2) is 137 Å². The van der Waals surface area contributed by atoms with Crippen LogP contribution in [0, 0.1) is 69.0 Å². The lowest BCUT2D eigenvalue weighted by molar-refractivity contribution is 0.231. The largest absolute Gasteiger partial charge is 0.457 e. The predicted octanol–water partition coefficient (Wildman–Crippen LogP) is 17.8. The summed E-state index contributed by atoms with van der Waals surface area (Å²) in [6, 6.07) is 81.1. The molecule has 125 heavy (non-hydrogen) atoms. The van der Waals surface area contributed by atoms with Crippen molar-refractivity contribution in [3.05, 3.63) is 241 Å². The van der Waals surface area contributed by atoms with Crippen molar-refractivity contribution in [2.75, 3.05) is 106 Å². The highest BCUT2D eigenvalue weighted by molar-refractivity contribution is 7.85. The van der Waals surface area contributed by atoms with Gasteiger partial charge in [0.1, 0.15) is 139 Å². The Kier molecular flexibility index (Phi) is 27.8. The fourth-order valence-electron chi connectivity index (χ4n) is 18.3. The quantitative estimate of drug-likeness (QED) is 0.0406. The van der Waals surface area contributed by atoms with Crippen molar-refractivity contribution in [1.82, 2.24) is 60.4 Å². The zero-order valence-corrected chi connectivity index (χ0v) is 70.9. The molecule has 20 rings (SSSR count). The first-order valence-electron chi connectivity index (χ1n) is 43.5. The number of ether oxygens (including phenoxy) is 4. The summed E-state index contributed by atoms with van der Waals surface area (Å²) in [6.45, 7) is 12.0. The summed E-state index contributed by atoms with van der Waals surface area (Å²) in [5.41, 5.74) is 9.21. The zero-order chi connectivity index (χ0) is 85.9. The molecule has 0 radical (unpaired) electrons. The average molecular weight is 1690 g/mol. The Morgan fingerprint density at radius 2 is 0.464 bits per heavy atom. The first kappa shape index (κ1) is 85.3. The number of benzene rings is 8. The summed E-state index contributed by atoms with van der Waals surface area (Å²) in [5, 5.41) is 86.8. The van der Waals surface area contributed by atoms with E-state index in [4.69, 9.17) is 43.9 Å². The van der Waals surface area contributed by atoms with Gasteiger partial charge in [0, 0.05) is 48.4 Å².